The second-order valence-corrected chi connectivity index (χ2v) is 6.83. The standard InChI is InChI=1S/C21H22N2O9/c24-20(7-4-12-31-23(28)29)30-15-17(13-16-5-2-1-3-6-16)14-21(25)32-19-10-8-18(9-11-19)22(26)27/h1-3,5-6,8-11,17H,4,7,12-15H2/t17-/m1/s1. The summed E-state index contributed by atoms with van der Waals surface area (Å²) in [5.74, 6) is -1.34. The second kappa shape index (κ2) is 12.6. The average Bonchev–Trinajstić information content (AvgIpc) is 2.76. The zero-order valence-corrected chi connectivity index (χ0v) is 17.1. The Labute approximate surface area is 183 Å². The van der Waals surface area contributed by atoms with Crippen molar-refractivity contribution in [1.29, 1.82) is 0 Å². The van der Waals surface area contributed by atoms with Crippen molar-refractivity contribution < 1.29 is 33.9 Å². The van der Waals surface area contributed by atoms with Gasteiger partial charge in [-0.15, -0.1) is 10.1 Å². The molecule has 0 aliphatic carbocycles. The summed E-state index contributed by atoms with van der Waals surface area (Å²) in [5, 5.41) is 19.9. The van der Waals surface area contributed by atoms with Crippen LogP contribution < -0.4 is 4.74 Å². The molecule has 0 bridgehead atoms. The van der Waals surface area contributed by atoms with E-state index in [-0.39, 0.29) is 49.8 Å². The summed E-state index contributed by atoms with van der Waals surface area (Å²) in [6, 6.07) is 14.4. The van der Waals surface area contributed by atoms with Crippen molar-refractivity contribution in [2.75, 3.05) is 13.2 Å². The number of rotatable bonds is 13. The summed E-state index contributed by atoms with van der Waals surface area (Å²) < 4.78 is 10.5. The smallest absolute Gasteiger partial charge is 0.311 e. The third-order valence-electron chi connectivity index (χ3n) is 4.30. The van der Waals surface area contributed by atoms with Gasteiger partial charge >= 0.3 is 11.9 Å². The fraction of sp³-hybridized carbons (Fsp3) is 0.333. The highest BCUT2D eigenvalue weighted by Crippen LogP contribution is 2.20. The van der Waals surface area contributed by atoms with Crippen molar-refractivity contribution in [1.82, 2.24) is 0 Å². The van der Waals surface area contributed by atoms with E-state index in [1.807, 2.05) is 30.3 Å². The summed E-state index contributed by atoms with van der Waals surface area (Å²) in [7, 11) is 0. The number of nitrogens with zero attached hydrogens (tertiary/aromatic N) is 2. The van der Waals surface area contributed by atoms with Crippen LogP contribution in [0.1, 0.15) is 24.8 Å². The van der Waals surface area contributed by atoms with Crippen LogP contribution in [0.3, 0.4) is 0 Å². The summed E-state index contributed by atoms with van der Waals surface area (Å²) in [4.78, 5) is 48.7. The van der Waals surface area contributed by atoms with Gasteiger partial charge < -0.3 is 14.3 Å². The average molecular weight is 446 g/mol. The fourth-order valence-corrected chi connectivity index (χ4v) is 2.82. The van der Waals surface area contributed by atoms with Gasteiger partial charge in [-0.05, 0) is 30.5 Å². The van der Waals surface area contributed by atoms with Crippen LogP contribution in [0, 0.1) is 26.1 Å². The lowest BCUT2D eigenvalue weighted by molar-refractivity contribution is -0.757. The quantitative estimate of drug-likeness (QED) is 0.148. The van der Waals surface area contributed by atoms with Crippen LogP contribution >= 0.6 is 0 Å². The molecule has 0 saturated heterocycles. The Morgan fingerprint density at radius 1 is 0.938 bits per heavy atom. The van der Waals surface area contributed by atoms with Gasteiger partial charge in [0, 0.05) is 24.5 Å². The van der Waals surface area contributed by atoms with E-state index in [9.17, 15) is 29.8 Å². The largest absolute Gasteiger partial charge is 0.465 e. The van der Waals surface area contributed by atoms with E-state index < -0.39 is 21.9 Å². The number of hydrogen-bond acceptors (Lipinski definition) is 9. The molecule has 0 amide bonds. The molecule has 11 heteroatoms. The van der Waals surface area contributed by atoms with Gasteiger partial charge in [0.15, 0.2) is 0 Å². The Bertz CT molecular complexity index is 917. The van der Waals surface area contributed by atoms with Gasteiger partial charge in [-0.25, -0.2) is 0 Å². The third-order valence-corrected chi connectivity index (χ3v) is 4.30. The minimum atomic E-state index is -0.933. The number of carbonyl (C=O) groups is 2. The summed E-state index contributed by atoms with van der Waals surface area (Å²) in [5.41, 5.74) is 0.818. The first-order chi connectivity index (χ1) is 15.3. The van der Waals surface area contributed by atoms with E-state index in [2.05, 4.69) is 4.84 Å². The highest BCUT2D eigenvalue weighted by molar-refractivity contribution is 5.73. The molecule has 0 aliphatic rings. The molecule has 170 valence electrons. The Hall–Kier alpha value is -4.02. The van der Waals surface area contributed by atoms with Crippen molar-refractivity contribution in [2.45, 2.75) is 25.7 Å². The lowest BCUT2D eigenvalue weighted by Gasteiger charge is -2.17. The molecule has 2 aromatic carbocycles. The zero-order valence-electron chi connectivity index (χ0n) is 17.1. The molecule has 0 spiro atoms. The van der Waals surface area contributed by atoms with Crippen LogP contribution in [0.4, 0.5) is 5.69 Å². The highest BCUT2D eigenvalue weighted by atomic mass is 16.9. The summed E-state index contributed by atoms with van der Waals surface area (Å²) in [6.07, 6.45) is 0.474. The number of nitro groups is 1. The molecule has 0 aromatic heterocycles. The van der Waals surface area contributed by atoms with Crippen LogP contribution in [0.5, 0.6) is 5.75 Å². The Morgan fingerprint density at radius 2 is 1.62 bits per heavy atom. The predicted molar refractivity (Wildman–Crippen MR) is 110 cm³/mol. The second-order valence-electron chi connectivity index (χ2n) is 6.83. The minimum Gasteiger partial charge on any atom is -0.465 e. The predicted octanol–water partition coefficient (Wildman–Crippen LogP) is 3.28. The Kier molecular flexibility index (Phi) is 9.57. The van der Waals surface area contributed by atoms with Crippen LogP contribution in [0.25, 0.3) is 0 Å². The van der Waals surface area contributed by atoms with Crippen molar-refractivity contribution in [2.24, 2.45) is 5.92 Å². The van der Waals surface area contributed by atoms with E-state index in [1.165, 1.54) is 24.3 Å². The van der Waals surface area contributed by atoms with Gasteiger partial charge in [-0.3, -0.25) is 19.7 Å². The zero-order chi connectivity index (χ0) is 23.3. The molecule has 32 heavy (non-hydrogen) atoms. The van der Waals surface area contributed by atoms with Crippen LogP contribution in [-0.4, -0.2) is 35.2 Å². The van der Waals surface area contributed by atoms with Gasteiger partial charge in [0.05, 0.1) is 24.6 Å². The molecule has 11 nitrogen and oxygen atoms in total. The molecule has 0 radical (unpaired) electrons. The monoisotopic (exact) mass is 446 g/mol. The molecule has 0 saturated carbocycles. The van der Waals surface area contributed by atoms with E-state index in [4.69, 9.17) is 9.47 Å². The highest BCUT2D eigenvalue weighted by Gasteiger charge is 2.19. The first-order valence-corrected chi connectivity index (χ1v) is 9.75. The number of non-ortho nitro benzene ring substituents is 1. The van der Waals surface area contributed by atoms with Crippen LogP contribution in [0.15, 0.2) is 54.6 Å². The van der Waals surface area contributed by atoms with Crippen LogP contribution in [0.2, 0.25) is 0 Å². The normalized spacial score (nSPS) is 11.2. The topological polar surface area (TPSA) is 148 Å². The van der Waals surface area contributed by atoms with Gasteiger partial charge in [-0.1, -0.05) is 30.3 Å². The molecule has 0 unspecified atom stereocenters. The molecule has 0 heterocycles. The van der Waals surface area contributed by atoms with E-state index >= 15 is 0 Å². The molecule has 2 aromatic rings. The maximum absolute atomic E-state index is 12.4. The van der Waals surface area contributed by atoms with Gasteiger partial charge in [-0.2, -0.15) is 0 Å². The summed E-state index contributed by atoms with van der Waals surface area (Å²) in [6.45, 7) is -0.254. The van der Waals surface area contributed by atoms with Gasteiger partial charge in [0.2, 0.25) is 0 Å². The molecule has 2 rings (SSSR count). The first kappa shape index (κ1) is 24.3. The van der Waals surface area contributed by atoms with Crippen LogP contribution in [-0.2, 0) is 25.6 Å². The molecule has 1 atom stereocenters. The summed E-state index contributed by atoms with van der Waals surface area (Å²) >= 11 is 0. The van der Waals surface area contributed by atoms with Crippen molar-refractivity contribution in [3.63, 3.8) is 0 Å². The molecule has 0 fully saturated rings. The number of hydrogen-bond donors (Lipinski definition) is 0. The maximum atomic E-state index is 12.4. The van der Waals surface area contributed by atoms with Crippen molar-refractivity contribution >= 4 is 17.6 Å². The molecular formula is C21H22N2O9. The lowest BCUT2D eigenvalue weighted by Crippen LogP contribution is -2.22. The SMILES string of the molecule is O=C(CCCO[N+](=O)[O-])OC[C@@H](CC(=O)Oc1ccc([N+](=O)[O-])cc1)Cc1ccccc1. The van der Waals surface area contributed by atoms with E-state index in [1.54, 1.807) is 0 Å². The lowest BCUT2D eigenvalue weighted by atomic mass is 9.97. The molecule has 0 aliphatic heterocycles. The van der Waals surface area contributed by atoms with Gasteiger partial charge in [0.25, 0.3) is 10.8 Å². The number of esters is 2. The Balaban J connectivity index is 1.90. The van der Waals surface area contributed by atoms with Gasteiger partial charge in [0.1, 0.15) is 5.75 Å². The number of benzene rings is 2. The third kappa shape index (κ3) is 9.20. The van der Waals surface area contributed by atoms with E-state index in [0.29, 0.717) is 6.42 Å². The minimum absolute atomic E-state index is 0.0425. The van der Waals surface area contributed by atoms with Crippen molar-refractivity contribution in [3.05, 3.63) is 80.4 Å². The van der Waals surface area contributed by atoms with E-state index in [0.717, 1.165) is 5.56 Å². The Morgan fingerprint density at radius 3 is 2.25 bits per heavy atom. The first-order valence-electron chi connectivity index (χ1n) is 9.75. The van der Waals surface area contributed by atoms with Crippen molar-refractivity contribution in [3.8, 4) is 5.75 Å². The number of ether oxygens (including phenoxy) is 2. The fourth-order valence-electron chi connectivity index (χ4n) is 2.82. The number of carbonyl (C=O) groups excluding carboxylic acids is 2. The molecule has 0 N–H and O–H groups in total. The number of nitro benzene ring substituents is 1. The maximum Gasteiger partial charge on any atom is 0.311 e. The molecular weight excluding hydrogens is 424 g/mol.